The van der Waals surface area contributed by atoms with Gasteiger partial charge in [-0.3, -0.25) is 0 Å². The fourth-order valence-corrected chi connectivity index (χ4v) is 2.00. The minimum absolute atomic E-state index is 0.447. The van der Waals surface area contributed by atoms with E-state index in [2.05, 4.69) is 33.0 Å². The van der Waals surface area contributed by atoms with Crippen molar-refractivity contribution in [2.24, 2.45) is 5.41 Å². The highest BCUT2D eigenvalue weighted by Gasteiger charge is 2.21. The summed E-state index contributed by atoms with van der Waals surface area (Å²) in [6, 6.07) is 0.686. The van der Waals surface area contributed by atoms with Crippen molar-refractivity contribution in [3.63, 3.8) is 0 Å². The molecule has 90 valence electrons. The van der Waals surface area contributed by atoms with Crippen LogP contribution in [0.1, 0.15) is 53.4 Å². The zero-order valence-corrected chi connectivity index (χ0v) is 10.8. The summed E-state index contributed by atoms with van der Waals surface area (Å²) < 4.78 is 5.66. The standard InChI is InChI=1S/C13H27NO/c1-5-12-10-11(6-9-15-12)14-8-7-13(2,3)4/h11-12,14H,5-10H2,1-4H3. The van der Waals surface area contributed by atoms with Crippen LogP contribution in [0.15, 0.2) is 0 Å². The topological polar surface area (TPSA) is 21.3 Å². The molecule has 1 N–H and O–H groups in total. The van der Waals surface area contributed by atoms with Gasteiger partial charge in [-0.25, -0.2) is 0 Å². The zero-order chi connectivity index (χ0) is 11.3. The van der Waals surface area contributed by atoms with E-state index in [4.69, 9.17) is 4.74 Å². The summed E-state index contributed by atoms with van der Waals surface area (Å²) in [5.74, 6) is 0. The minimum atomic E-state index is 0.447. The Balaban J connectivity index is 2.15. The van der Waals surface area contributed by atoms with Gasteiger partial charge in [0, 0.05) is 12.6 Å². The smallest absolute Gasteiger partial charge is 0.0587 e. The van der Waals surface area contributed by atoms with Crippen LogP contribution in [-0.4, -0.2) is 25.3 Å². The Labute approximate surface area is 94.8 Å². The first kappa shape index (κ1) is 13.0. The Hall–Kier alpha value is -0.0800. The van der Waals surface area contributed by atoms with E-state index in [0.29, 0.717) is 17.6 Å². The Morgan fingerprint density at radius 1 is 1.33 bits per heavy atom. The number of hydrogen-bond donors (Lipinski definition) is 1. The van der Waals surface area contributed by atoms with Gasteiger partial charge in [-0.2, -0.15) is 0 Å². The van der Waals surface area contributed by atoms with Gasteiger partial charge in [-0.1, -0.05) is 27.7 Å². The van der Waals surface area contributed by atoms with Gasteiger partial charge < -0.3 is 10.1 Å². The van der Waals surface area contributed by atoms with Crippen LogP contribution in [0.3, 0.4) is 0 Å². The second-order valence-corrected chi connectivity index (χ2v) is 5.89. The molecule has 2 nitrogen and oxygen atoms in total. The van der Waals surface area contributed by atoms with Crippen LogP contribution in [-0.2, 0) is 4.74 Å². The van der Waals surface area contributed by atoms with Gasteiger partial charge in [0.15, 0.2) is 0 Å². The molecule has 1 saturated heterocycles. The maximum Gasteiger partial charge on any atom is 0.0587 e. The third kappa shape index (κ3) is 5.53. The predicted octanol–water partition coefficient (Wildman–Crippen LogP) is 2.97. The molecule has 1 aliphatic rings. The van der Waals surface area contributed by atoms with Crippen LogP contribution in [0.5, 0.6) is 0 Å². The lowest BCUT2D eigenvalue weighted by Gasteiger charge is -2.30. The Kier molecular flexibility index (Phi) is 5.07. The maximum atomic E-state index is 5.66. The molecule has 0 radical (unpaired) electrons. The molecule has 0 aliphatic carbocycles. The van der Waals surface area contributed by atoms with E-state index < -0.39 is 0 Å². The third-order valence-electron chi connectivity index (χ3n) is 3.13. The lowest BCUT2D eigenvalue weighted by Crippen LogP contribution is -2.39. The highest BCUT2D eigenvalue weighted by atomic mass is 16.5. The van der Waals surface area contributed by atoms with Crippen LogP contribution < -0.4 is 5.32 Å². The molecule has 2 unspecified atom stereocenters. The molecule has 0 aromatic rings. The highest BCUT2D eigenvalue weighted by Crippen LogP contribution is 2.19. The van der Waals surface area contributed by atoms with Crippen molar-refractivity contribution in [3.05, 3.63) is 0 Å². The molecule has 0 aromatic carbocycles. The lowest BCUT2D eigenvalue weighted by molar-refractivity contribution is -0.000294. The summed E-state index contributed by atoms with van der Waals surface area (Å²) in [4.78, 5) is 0. The molecule has 1 heterocycles. The van der Waals surface area contributed by atoms with Crippen LogP contribution in [0.25, 0.3) is 0 Å². The molecule has 1 aliphatic heterocycles. The molecule has 0 spiro atoms. The largest absolute Gasteiger partial charge is 0.378 e. The van der Waals surface area contributed by atoms with E-state index in [1.165, 1.54) is 19.3 Å². The highest BCUT2D eigenvalue weighted by molar-refractivity contribution is 4.77. The number of ether oxygens (including phenoxy) is 1. The number of rotatable bonds is 4. The minimum Gasteiger partial charge on any atom is -0.378 e. The second-order valence-electron chi connectivity index (χ2n) is 5.89. The first-order valence-electron chi connectivity index (χ1n) is 6.36. The predicted molar refractivity (Wildman–Crippen MR) is 65.1 cm³/mol. The molecule has 0 amide bonds. The van der Waals surface area contributed by atoms with Crippen molar-refractivity contribution in [3.8, 4) is 0 Å². The quantitative estimate of drug-likeness (QED) is 0.775. The van der Waals surface area contributed by atoms with Gasteiger partial charge >= 0.3 is 0 Å². The Bertz CT molecular complexity index is 174. The van der Waals surface area contributed by atoms with Gasteiger partial charge in [-0.15, -0.1) is 0 Å². The van der Waals surface area contributed by atoms with Crippen molar-refractivity contribution in [1.82, 2.24) is 5.32 Å². The average Bonchev–Trinajstić information content (AvgIpc) is 2.16. The Morgan fingerprint density at radius 3 is 2.67 bits per heavy atom. The van der Waals surface area contributed by atoms with Gasteiger partial charge in [0.1, 0.15) is 0 Å². The third-order valence-corrected chi connectivity index (χ3v) is 3.13. The van der Waals surface area contributed by atoms with Crippen LogP contribution >= 0.6 is 0 Å². The molecule has 1 fully saturated rings. The molecule has 15 heavy (non-hydrogen) atoms. The maximum absolute atomic E-state index is 5.66. The summed E-state index contributed by atoms with van der Waals surface area (Å²) in [5, 5.41) is 3.66. The molecule has 0 bridgehead atoms. The fraction of sp³-hybridized carbons (Fsp3) is 1.00. The van der Waals surface area contributed by atoms with Gasteiger partial charge in [0.05, 0.1) is 6.10 Å². The van der Waals surface area contributed by atoms with Crippen molar-refractivity contribution >= 4 is 0 Å². The van der Waals surface area contributed by atoms with Gasteiger partial charge in [-0.05, 0) is 37.6 Å². The molecule has 1 rings (SSSR count). The van der Waals surface area contributed by atoms with Crippen LogP contribution in [0, 0.1) is 5.41 Å². The molecule has 0 saturated carbocycles. The molecular weight excluding hydrogens is 186 g/mol. The molecule has 2 heteroatoms. The molecular formula is C13H27NO. The van der Waals surface area contributed by atoms with E-state index in [9.17, 15) is 0 Å². The van der Waals surface area contributed by atoms with Crippen molar-refractivity contribution in [2.75, 3.05) is 13.2 Å². The fourth-order valence-electron chi connectivity index (χ4n) is 2.00. The number of hydrogen-bond acceptors (Lipinski definition) is 2. The van der Waals surface area contributed by atoms with E-state index >= 15 is 0 Å². The first-order chi connectivity index (χ1) is 7.01. The van der Waals surface area contributed by atoms with Crippen molar-refractivity contribution < 1.29 is 4.74 Å². The van der Waals surface area contributed by atoms with E-state index in [1.54, 1.807) is 0 Å². The van der Waals surface area contributed by atoms with Crippen molar-refractivity contribution in [1.29, 1.82) is 0 Å². The summed E-state index contributed by atoms with van der Waals surface area (Å²) in [5.41, 5.74) is 0.447. The van der Waals surface area contributed by atoms with Gasteiger partial charge in [0.25, 0.3) is 0 Å². The summed E-state index contributed by atoms with van der Waals surface area (Å²) in [7, 11) is 0. The average molecular weight is 213 g/mol. The molecule has 0 aromatic heterocycles. The summed E-state index contributed by atoms with van der Waals surface area (Å²) >= 11 is 0. The second kappa shape index (κ2) is 5.86. The first-order valence-corrected chi connectivity index (χ1v) is 6.36. The Morgan fingerprint density at radius 2 is 2.07 bits per heavy atom. The summed E-state index contributed by atoms with van der Waals surface area (Å²) in [6.07, 6.45) is 5.27. The molecule has 2 atom stereocenters. The summed E-state index contributed by atoms with van der Waals surface area (Å²) in [6.45, 7) is 11.2. The SMILES string of the molecule is CCC1CC(NCCC(C)(C)C)CCO1. The monoisotopic (exact) mass is 213 g/mol. The number of nitrogens with one attached hydrogen (secondary N) is 1. The normalized spacial score (nSPS) is 28.0. The zero-order valence-electron chi connectivity index (χ0n) is 10.8. The van der Waals surface area contributed by atoms with Crippen LogP contribution in [0.2, 0.25) is 0 Å². The van der Waals surface area contributed by atoms with E-state index in [-0.39, 0.29) is 0 Å². The van der Waals surface area contributed by atoms with E-state index in [0.717, 1.165) is 19.6 Å². The van der Waals surface area contributed by atoms with Crippen molar-refractivity contribution in [2.45, 2.75) is 65.5 Å². The van der Waals surface area contributed by atoms with Crippen LogP contribution in [0.4, 0.5) is 0 Å². The van der Waals surface area contributed by atoms with E-state index in [1.807, 2.05) is 0 Å². The lowest BCUT2D eigenvalue weighted by atomic mass is 9.92. The van der Waals surface area contributed by atoms with Gasteiger partial charge in [0.2, 0.25) is 0 Å².